The van der Waals surface area contributed by atoms with Gasteiger partial charge in [0.15, 0.2) is 0 Å². The van der Waals surface area contributed by atoms with Crippen LogP contribution in [0.3, 0.4) is 0 Å². The molecule has 3 aromatic rings. The molecule has 0 aliphatic rings. The van der Waals surface area contributed by atoms with Crippen LogP contribution in [0.2, 0.25) is 0 Å². The molecule has 0 fully saturated rings. The third kappa shape index (κ3) is 3.71. The Morgan fingerprint density at radius 2 is 1.92 bits per heavy atom. The minimum absolute atomic E-state index is 0.0599. The maximum atomic E-state index is 12.2. The zero-order chi connectivity index (χ0) is 17.2. The van der Waals surface area contributed by atoms with Crippen molar-refractivity contribution in [2.75, 3.05) is 5.32 Å². The van der Waals surface area contributed by atoms with Gasteiger partial charge < -0.3 is 5.32 Å². The Labute approximate surface area is 141 Å². The molecular weight excluding hydrogens is 302 g/mol. The summed E-state index contributed by atoms with van der Waals surface area (Å²) in [5.41, 5.74) is 2.52. The average Bonchev–Trinajstić information content (AvgIpc) is 3.18. The summed E-state index contributed by atoms with van der Waals surface area (Å²) in [6, 6.07) is 9.66. The molecule has 0 aliphatic carbocycles. The van der Waals surface area contributed by atoms with Gasteiger partial charge in [-0.15, -0.1) is 0 Å². The molecule has 0 bridgehead atoms. The van der Waals surface area contributed by atoms with Crippen LogP contribution in [0.25, 0.3) is 5.69 Å². The van der Waals surface area contributed by atoms with E-state index in [1.54, 1.807) is 17.1 Å². The molecule has 3 rings (SSSR count). The highest BCUT2D eigenvalue weighted by molar-refractivity contribution is 5.92. The molecule has 2 aromatic heterocycles. The van der Waals surface area contributed by atoms with Crippen molar-refractivity contribution in [2.24, 2.45) is 0 Å². The van der Waals surface area contributed by atoms with Crippen molar-refractivity contribution >= 4 is 11.6 Å². The van der Waals surface area contributed by atoms with E-state index in [9.17, 15) is 4.79 Å². The second-order valence-electron chi connectivity index (χ2n) is 6.69. The van der Waals surface area contributed by atoms with Crippen molar-refractivity contribution in [3.63, 3.8) is 0 Å². The number of carbonyl (C=O) groups is 1. The lowest BCUT2D eigenvalue weighted by atomic mass is 10.1. The van der Waals surface area contributed by atoms with Gasteiger partial charge in [-0.25, -0.2) is 4.68 Å². The van der Waals surface area contributed by atoms with E-state index in [0.717, 1.165) is 11.3 Å². The molecule has 0 spiro atoms. The van der Waals surface area contributed by atoms with E-state index in [0.29, 0.717) is 12.1 Å². The smallest absolute Gasteiger partial charge is 0.228 e. The maximum Gasteiger partial charge on any atom is 0.228 e. The molecule has 1 N–H and O–H groups in total. The monoisotopic (exact) mass is 323 g/mol. The van der Waals surface area contributed by atoms with Gasteiger partial charge in [-0.05, 0) is 44.5 Å². The SMILES string of the molecule is CC(C)(C)n1cc(NC(=O)Cc2ccc(-n3cccn3)cc2)cn1. The van der Waals surface area contributed by atoms with Gasteiger partial charge in [0.05, 0.1) is 29.5 Å². The van der Waals surface area contributed by atoms with Crippen molar-refractivity contribution in [1.29, 1.82) is 0 Å². The normalized spacial score (nSPS) is 11.5. The van der Waals surface area contributed by atoms with Gasteiger partial charge in [0.25, 0.3) is 0 Å². The van der Waals surface area contributed by atoms with E-state index < -0.39 is 0 Å². The predicted octanol–water partition coefficient (Wildman–Crippen LogP) is 3.01. The van der Waals surface area contributed by atoms with Crippen LogP contribution >= 0.6 is 0 Å². The first-order valence-corrected chi connectivity index (χ1v) is 7.86. The van der Waals surface area contributed by atoms with Crippen LogP contribution in [-0.4, -0.2) is 25.5 Å². The number of amides is 1. The Kier molecular flexibility index (Phi) is 4.20. The summed E-state index contributed by atoms with van der Waals surface area (Å²) in [6.45, 7) is 6.19. The fourth-order valence-corrected chi connectivity index (χ4v) is 2.33. The largest absolute Gasteiger partial charge is 0.323 e. The zero-order valence-corrected chi connectivity index (χ0v) is 14.1. The van der Waals surface area contributed by atoms with E-state index in [2.05, 4.69) is 36.3 Å². The average molecular weight is 323 g/mol. The molecular formula is C18H21N5O. The quantitative estimate of drug-likeness (QED) is 0.802. The standard InChI is InChI=1S/C18H21N5O/c1-18(2,3)23-13-15(12-20-23)21-17(24)11-14-5-7-16(8-6-14)22-10-4-9-19-22/h4-10,12-13H,11H2,1-3H3,(H,21,24). The number of benzene rings is 1. The highest BCUT2D eigenvalue weighted by atomic mass is 16.1. The Balaban J connectivity index is 1.61. The van der Waals surface area contributed by atoms with E-state index in [4.69, 9.17) is 0 Å². The molecule has 2 heterocycles. The Morgan fingerprint density at radius 1 is 1.17 bits per heavy atom. The molecule has 0 radical (unpaired) electrons. The van der Waals surface area contributed by atoms with Crippen LogP contribution in [0.5, 0.6) is 0 Å². The molecule has 24 heavy (non-hydrogen) atoms. The number of nitrogens with zero attached hydrogens (tertiary/aromatic N) is 4. The Hall–Kier alpha value is -2.89. The van der Waals surface area contributed by atoms with Gasteiger partial charge >= 0.3 is 0 Å². The summed E-state index contributed by atoms with van der Waals surface area (Å²) in [6.07, 6.45) is 7.45. The number of anilines is 1. The molecule has 0 atom stereocenters. The fraction of sp³-hybridized carbons (Fsp3) is 0.278. The van der Waals surface area contributed by atoms with E-state index >= 15 is 0 Å². The van der Waals surface area contributed by atoms with Crippen molar-refractivity contribution < 1.29 is 4.79 Å². The zero-order valence-electron chi connectivity index (χ0n) is 14.1. The lowest BCUT2D eigenvalue weighted by molar-refractivity contribution is -0.115. The molecule has 6 heteroatoms. The van der Waals surface area contributed by atoms with Crippen LogP contribution in [0.1, 0.15) is 26.3 Å². The minimum Gasteiger partial charge on any atom is -0.323 e. The second kappa shape index (κ2) is 6.31. The van der Waals surface area contributed by atoms with Gasteiger partial charge in [0.2, 0.25) is 5.91 Å². The summed E-state index contributed by atoms with van der Waals surface area (Å²) in [5, 5.41) is 11.3. The molecule has 6 nitrogen and oxygen atoms in total. The lowest BCUT2D eigenvalue weighted by Gasteiger charge is -2.18. The molecule has 0 saturated carbocycles. The van der Waals surface area contributed by atoms with Crippen LogP contribution in [0.4, 0.5) is 5.69 Å². The first kappa shape index (κ1) is 16.0. The van der Waals surface area contributed by atoms with Gasteiger partial charge in [0.1, 0.15) is 0 Å². The minimum atomic E-state index is -0.106. The predicted molar refractivity (Wildman–Crippen MR) is 93.1 cm³/mol. The first-order valence-electron chi connectivity index (χ1n) is 7.86. The number of rotatable bonds is 4. The maximum absolute atomic E-state index is 12.2. The van der Waals surface area contributed by atoms with Crippen molar-refractivity contribution in [3.8, 4) is 5.69 Å². The highest BCUT2D eigenvalue weighted by Gasteiger charge is 2.14. The summed E-state index contributed by atoms with van der Waals surface area (Å²) in [4.78, 5) is 12.2. The summed E-state index contributed by atoms with van der Waals surface area (Å²) < 4.78 is 3.62. The molecule has 0 unspecified atom stereocenters. The first-order chi connectivity index (χ1) is 11.4. The highest BCUT2D eigenvalue weighted by Crippen LogP contribution is 2.16. The number of carbonyl (C=O) groups excluding carboxylic acids is 1. The third-order valence-electron chi connectivity index (χ3n) is 3.62. The van der Waals surface area contributed by atoms with Crippen LogP contribution < -0.4 is 5.32 Å². The van der Waals surface area contributed by atoms with E-state index in [-0.39, 0.29) is 11.4 Å². The summed E-state index contributed by atoms with van der Waals surface area (Å²) in [5.74, 6) is -0.0599. The van der Waals surface area contributed by atoms with Crippen molar-refractivity contribution in [2.45, 2.75) is 32.7 Å². The summed E-state index contributed by atoms with van der Waals surface area (Å²) in [7, 11) is 0. The molecule has 0 saturated heterocycles. The summed E-state index contributed by atoms with van der Waals surface area (Å²) >= 11 is 0. The lowest BCUT2D eigenvalue weighted by Crippen LogP contribution is -2.22. The van der Waals surface area contributed by atoms with Crippen molar-refractivity contribution in [3.05, 3.63) is 60.7 Å². The van der Waals surface area contributed by atoms with Gasteiger partial charge in [-0.2, -0.15) is 10.2 Å². The number of aromatic nitrogens is 4. The topological polar surface area (TPSA) is 64.7 Å². The van der Waals surface area contributed by atoms with E-state index in [1.807, 2.05) is 47.4 Å². The molecule has 1 aromatic carbocycles. The second-order valence-corrected chi connectivity index (χ2v) is 6.69. The molecule has 1 amide bonds. The van der Waals surface area contributed by atoms with Crippen molar-refractivity contribution in [1.82, 2.24) is 19.6 Å². The van der Waals surface area contributed by atoms with Gasteiger partial charge in [0, 0.05) is 18.6 Å². The van der Waals surface area contributed by atoms with Crippen LogP contribution in [0, 0.1) is 0 Å². The Morgan fingerprint density at radius 3 is 2.50 bits per heavy atom. The van der Waals surface area contributed by atoms with E-state index in [1.165, 1.54) is 0 Å². The molecule has 124 valence electrons. The third-order valence-corrected chi connectivity index (χ3v) is 3.62. The van der Waals surface area contributed by atoms with Crippen LogP contribution in [0.15, 0.2) is 55.1 Å². The Bertz CT molecular complexity index is 810. The number of hydrogen-bond donors (Lipinski definition) is 1. The van der Waals surface area contributed by atoms with Crippen LogP contribution in [-0.2, 0) is 16.8 Å². The molecule has 0 aliphatic heterocycles. The van der Waals surface area contributed by atoms with Gasteiger partial charge in [-0.1, -0.05) is 12.1 Å². The number of hydrogen-bond acceptors (Lipinski definition) is 3. The fourth-order valence-electron chi connectivity index (χ4n) is 2.33. The van der Waals surface area contributed by atoms with Gasteiger partial charge in [-0.3, -0.25) is 9.48 Å². The number of nitrogens with one attached hydrogen (secondary N) is 1.